The molecule has 7 heteroatoms. The normalized spacial score (nSPS) is 16.8. The maximum Gasteiger partial charge on any atom is 0.298 e. The van der Waals surface area contributed by atoms with Gasteiger partial charge in [-0.25, -0.2) is 0 Å². The summed E-state index contributed by atoms with van der Waals surface area (Å²) in [6.45, 7) is 6.68. The molecule has 0 fully saturated rings. The highest BCUT2D eigenvalue weighted by atomic mass is 16.6. The minimum Gasteiger partial charge on any atom is -0.429 e. The van der Waals surface area contributed by atoms with Gasteiger partial charge in [0.1, 0.15) is 5.75 Å². The zero-order chi connectivity index (χ0) is 19.6. The number of hydrazone groups is 1. The quantitative estimate of drug-likeness (QED) is 0.442. The molecule has 2 aromatic carbocycles. The first-order valence-corrected chi connectivity index (χ1v) is 8.61. The molecule has 3 rings (SSSR count). The van der Waals surface area contributed by atoms with Crippen LogP contribution >= 0.6 is 0 Å². The number of carbonyl (C=O) groups excluding carboxylic acids is 1. The van der Waals surface area contributed by atoms with Gasteiger partial charge in [-0.1, -0.05) is 32.9 Å². The van der Waals surface area contributed by atoms with Gasteiger partial charge in [0.25, 0.3) is 12.2 Å². The Morgan fingerprint density at radius 1 is 1.22 bits per heavy atom. The Morgan fingerprint density at radius 2 is 1.93 bits per heavy atom. The van der Waals surface area contributed by atoms with Crippen molar-refractivity contribution in [2.24, 2.45) is 10.5 Å². The molecule has 0 spiro atoms. The molecule has 0 saturated carbocycles. The second kappa shape index (κ2) is 7.19. The van der Waals surface area contributed by atoms with Crippen LogP contribution in [-0.4, -0.2) is 17.1 Å². The molecule has 1 atom stereocenters. The molecule has 0 aromatic heterocycles. The van der Waals surface area contributed by atoms with Crippen LogP contribution in [0.2, 0.25) is 0 Å². The summed E-state index contributed by atoms with van der Waals surface area (Å²) in [6.07, 6.45) is 0.678. The van der Waals surface area contributed by atoms with Crippen molar-refractivity contribution >= 4 is 23.6 Å². The molecule has 0 aliphatic carbocycles. The Balaban J connectivity index is 2.00. The first-order valence-electron chi connectivity index (χ1n) is 8.61. The maximum atomic E-state index is 11.2. The molecule has 7 nitrogen and oxygen atoms in total. The Kier molecular flexibility index (Phi) is 4.94. The number of anilines is 1. The van der Waals surface area contributed by atoms with Gasteiger partial charge in [-0.3, -0.25) is 19.9 Å². The van der Waals surface area contributed by atoms with Gasteiger partial charge >= 0.3 is 0 Å². The van der Waals surface area contributed by atoms with E-state index in [0.29, 0.717) is 18.6 Å². The van der Waals surface area contributed by atoms with E-state index in [1.165, 1.54) is 6.07 Å². The average Bonchev–Trinajstić information content (AvgIpc) is 3.08. The molecule has 1 heterocycles. The monoisotopic (exact) mass is 367 g/mol. The van der Waals surface area contributed by atoms with E-state index in [2.05, 4.69) is 20.8 Å². The number of hydrogen-bond donors (Lipinski definition) is 0. The molecule has 0 radical (unpaired) electrons. The van der Waals surface area contributed by atoms with Gasteiger partial charge in [0.2, 0.25) is 0 Å². The number of nitro benzene ring substituents is 1. The third-order valence-corrected chi connectivity index (χ3v) is 4.53. The van der Waals surface area contributed by atoms with Gasteiger partial charge in [-0.15, -0.1) is 0 Å². The van der Waals surface area contributed by atoms with Gasteiger partial charge in [0.15, 0.2) is 0 Å². The summed E-state index contributed by atoms with van der Waals surface area (Å²) in [5.74, 6) is 0.444. The topological polar surface area (TPSA) is 85.0 Å². The van der Waals surface area contributed by atoms with Crippen molar-refractivity contribution in [3.63, 3.8) is 0 Å². The van der Waals surface area contributed by atoms with Crippen LogP contribution < -0.4 is 9.75 Å². The molecule has 140 valence electrons. The Hall–Kier alpha value is -3.22. The fourth-order valence-corrected chi connectivity index (χ4v) is 3.04. The van der Waals surface area contributed by atoms with E-state index in [-0.39, 0.29) is 22.1 Å². The largest absolute Gasteiger partial charge is 0.429 e. The second-order valence-corrected chi connectivity index (χ2v) is 7.42. The summed E-state index contributed by atoms with van der Waals surface area (Å²) < 4.78 is 4.84. The summed E-state index contributed by atoms with van der Waals surface area (Å²) in [6, 6.07) is 13.5. The molecular weight excluding hydrogens is 346 g/mol. The minimum absolute atomic E-state index is 0.0615. The summed E-state index contributed by atoms with van der Waals surface area (Å²) in [4.78, 5) is 21.3. The molecular formula is C20H21N3O4. The molecule has 1 aliphatic rings. The second-order valence-electron chi connectivity index (χ2n) is 7.42. The Morgan fingerprint density at radius 3 is 2.52 bits per heavy atom. The molecule has 0 saturated heterocycles. The zero-order valence-electron chi connectivity index (χ0n) is 15.5. The number of nitro groups is 1. The maximum absolute atomic E-state index is 11.2. The van der Waals surface area contributed by atoms with Crippen molar-refractivity contribution in [1.29, 1.82) is 0 Å². The molecule has 0 N–H and O–H groups in total. The molecule has 1 unspecified atom stereocenters. The van der Waals surface area contributed by atoms with Crippen LogP contribution in [0.15, 0.2) is 53.6 Å². The van der Waals surface area contributed by atoms with Crippen molar-refractivity contribution in [2.75, 3.05) is 5.01 Å². The Bertz CT molecular complexity index is 885. The lowest BCUT2D eigenvalue weighted by molar-refractivity contribution is -0.384. The predicted molar refractivity (Wildman–Crippen MR) is 103 cm³/mol. The third kappa shape index (κ3) is 3.97. The Labute approximate surface area is 157 Å². The molecule has 27 heavy (non-hydrogen) atoms. The molecule has 0 amide bonds. The molecule has 1 aliphatic heterocycles. The number of rotatable bonds is 5. The van der Waals surface area contributed by atoms with Crippen LogP contribution in [0.4, 0.5) is 11.4 Å². The fourth-order valence-electron chi connectivity index (χ4n) is 3.04. The highest BCUT2D eigenvalue weighted by molar-refractivity contribution is 5.93. The van der Waals surface area contributed by atoms with E-state index in [1.807, 2.05) is 23.2 Å². The van der Waals surface area contributed by atoms with E-state index >= 15 is 0 Å². The van der Waals surface area contributed by atoms with Crippen LogP contribution in [0.25, 0.3) is 0 Å². The highest BCUT2D eigenvalue weighted by Gasteiger charge is 2.34. The van der Waals surface area contributed by atoms with Gasteiger partial charge < -0.3 is 4.74 Å². The average molecular weight is 367 g/mol. The van der Waals surface area contributed by atoms with Crippen LogP contribution in [0, 0.1) is 15.5 Å². The molecule has 2 aromatic rings. The van der Waals surface area contributed by atoms with Gasteiger partial charge in [0, 0.05) is 29.7 Å². The fraction of sp³-hybridized carbons (Fsp3) is 0.300. The van der Waals surface area contributed by atoms with E-state index in [4.69, 9.17) is 9.84 Å². The van der Waals surface area contributed by atoms with Crippen LogP contribution in [-0.2, 0) is 4.79 Å². The van der Waals surface area contributed by atoms with Crippen molar-refractivity contribution in [1.82, 2.24) is 0 Å². The smallest absolute Gasteiger partial charge is 0.298 e. The number of non-ortho nitro benzene ring substituents is 1. The van der Waals surface area contributed by atoms with Crippen molar-refractivity contribution < 1.29 is 14.5 Å². The van der Waals surface area contributed by atoms with Gasteiger partial charge in [-0.2, -0.15) is 5.10 Å². The number of benzene rings is 2. The SMILES string of the molecule is CC(C)(C)C1=NN(c2ccc(OC=O)cc2)C(c2cccc([N+](=O)[O-])c2)C1. The summed E-state index contributed by atoms with van der Waals surface area (Å²) >= 11 is 0. The standard InChI is InChI=1S/C20H21N3O4/c1-20(2,3)19-12-18(14-5-4-6-16(11-14)23(25)26)22(21-19)15-7-9-17(10-8-15)27-13-24/h4-11,13,18H,12H2,1-3H3. The van der Waals surface area contributed by atoms with Crippen molar-refractivity contribution in [3.8, 4) is 5.75 Å². The van der Waals surface area contributed by atoms with Gasteiger partial charge in [-0.05, 0) is 29.8 Å². The van der Waals surface area contributed by atoms with E-state index in [0.717, 1.165) is 17.0 Å². The number of carbonyl (C=O) groups is 1. The summed E-state index contributed by atoms with van der Waals surface area (Å²) in [5, 5.41) is 17.8. The minimum atomic E-state index is -0.389. The van der Waals surface area contributed by atoms with Gasteiger partial charge in [0.05, 0.1) is 16.7 Å². The predicted octanol–water partition coefficient (Wildman–Crippen LogP) is 4.48. The van der Waals surface area contributed by atoms with E-state index in [9.17, 15) is 14.9 Å². The molecule has 0 bridgehead atoms. The lowest BCUT2D eigenvalue weighted by Gasteiger charge is -2.24. The van der Waals surface area contributed by atoms with E-state index in [1.54, 1.807) is 24.3 Å². The summed E-state index contributed by atoms with van der Waals surface area (Å²) in [7, 11) is 0. The van der Waals surface area contributed by atoms with Crippen LogP contribution in [0.1, 0.15) is 38.8 Å². The van der Waals surface area contributed by atoms with Crippen LogP contribution in [0.5, 0.6) is 5.75 Å². The highest BCUT2D eigenvalue weighted by Crippen LogP contribution is 2.40. The van der Waals surface area contributed by atoms with Crippen molar-refractivity contribution in [2.45, 2.75) is 33.2 Å². The van der Waals surface area contributed by atoms with E-state index < -0.39 is 0 Å². The first kappa shape index (κ1) is 18.6. The van der Waals surface area contributed by atoms with Crippen LogP contribution in [0.3, 0.4) is 0 Å². The first-order chi connectivity index (χ1) is 12.8. The number of nitrogens with zero attached hydrogens (tertiary/aromatic N) is 3. The zero-order valence-corrected chi connectivity index (χ0v) is 15.5. The van der Waals surface area contributed by atoms with Crippen molar-refractivity contribution in [3.05, 3.63) is 64.2 Å². The third-order valence-electron chi connectivity index (χ3n) is 4.53. The number of ether oxygens (including phenoxy) is 1. The summed E-state index contributed by atoms with van der Waals surface area (Å²) in [5.41, 5.74) is 2.62. The lowest BCUT2D eigenvalue weighted by atomic mass is 9.86. The number of hydrogen-bond acceptors (Lipinski definition) is 6. The lowest BCUT2D eigenvalue weighted by Crippen LogP contribution is -2.19.